The number of amides is 1. The third kappa shape index (κ3) is 11.6. The van der Waals surface area contributed by atoms with Crippen LogP contribution in [0, 0.1) is 22.5 Å². The van der Waals surface area contributed by atoms with Crippen LogP contribution in [-0.4, -0.2) is 115 Å². The van der Waals surface area contributed by atoms with E-state index in [-0.39, 0.29) is 74.5 Å². The van der Waals surface area contributed by atoms with Crippen LogP contribution in [0.25, 0.3) is 16.9 Å². The number of rotatable bonds is 18. The van der Waals surface area contributed by atoms with E-state index in [4.69, 9.17) is 14.2 Å². The number of imidazole rings is 1. The number of hydrogen-bond acceptors (Lipinski definition) is 15. The van der Waals surface area contributed by atoms with Crippen molar-refractivity contribution in [2.45, 2.75) is 139 Å². The quantitative estimate of drug-likeness (QED) is 0.0592. The zero-order chi connectivity index (χ0) is 58.7. The summed E-state index contributed by atoms with van der Waals surface area (Å²) in [6.07, 6.45) is 12.5. The summed E-state index contributed by atoms with van der Waals surface area (Å²) in [6, 6.07) is 26.8. The van der Waals surface area contributed by atoms with Crippen LogP contribution >= 0.6 is 0 Å². The lowest BCUT2D eigenvalue weighted by Crippen LogP contribution is -2.57. The van der Waals surface area contributed by atoms with Crippen LogP contribution in [0.2, 0.25) is 0 Å². The molecule has 3 saturated heterocycles. The van der Waals surface area contributed by atoms with Gasteiger partial charge in [0.2, 0.25) is 0 Å². The number of likely N-dealkylation sites (tertiary alicyclic amines) is 2. The second kappa shape index (κ2) is 23.2. The van der Waals surface area contributed by atoms with Crippen molar-refractivity contribution in [2.24, 2.45) is 17.3 Å². The van der Waals surface area contributed by atoms with Gasteiger partial charge in [0, 0.05) is 81.1 Å². The molecule has 3 aliphatic carbocycles. The number of anilines is 3. The Kier molecular flexibility index (Phi) is 16.0. The first-order valence-electron chi connectivity index (χ1n) is 30.1. The molecule has 0 radical (unpaired) electrons. The van der Waals surface area contributed by atoms with Gasteiger partial charge in [0.05, 0.1) is 53.8 Å². The first-order valence-corrected chi connectivity index (χ1v) is 31.6. The zero-order valence-electron chi connectivity index (χ0n) is 49.1. The number of carbonyl (C=O) groups excluding carboxylic acids is 1. The van der Waals surface area contributed by atoms with E-state index in [1.165, 1.54) is 54.7 Å². The van der Waals surface area contributed by atoms with E-state index >= 15 is 4.39 Å². The number of H-pyrrole nitrogens is 1. The molecule has 446 valence electrons. The number of aliphatic hydroxyl groups is 1. The molecule has 1 amide bonds. The number of piperidine rings is 1. The third-order valence-electron chi connectivity index (χ3n) is 19.2. The highest BCUT2D eigenvalue weighted by atomic mass is 32.2. The summed E-state index contributed by atoms with van der Waals surface area (Å²) in [4.78, 5) is 34.2. The van der Waals surface area contributed by atoms with Crippen molar-refractivity contribution in [3.8, 4) is 23.1 Å². The van der Waals surface area contributed by atoms with E-state index in [1.807, 2.05) is 13.0 Å². The molecule has 3 aliphatic heterocycles. The van der Waals surface area contributed by atoms with Gasteiger partial charge in [-0.1, -0.05) is 50.2 Å². The number of hydrogen-bond donors (Lipinski definition) is 4. The molecular formula is C65H79FN9O8S-. The molecule has 4 aromatic carbocycles. The molecule has 5 heterocycles. The Morgan fingerprint density at radius 2 is 1.74 bits per heavy atom. The van der Waals surface area contributed by atoms with Crippen LogP contribution in [0.15, 0.2) is 96.2 Å². The third-order valence-corrected chi connectivity index (χ3v) is 20.6. The molecule has 3 atom stereocenters. The van der Waals surface area contributed by atoms with Gasteiger partial charge in [-0.05, 0) is 167 Å². The van der Waals surface area contributed by atoms with Crippen molar-refractivity contribution in [3.05, 3.63) is 130 Å². The summed E-state index contributed by atoms with van der Waals surface area (Å²) in [7, 11) is -1.73. The predicted molar refractivity (Wildman–Crippen MR) is 325 cm³/mol. The smallest absolute Gasteiger partial charge is 0.268 e. The molecule has 2 bridgehead atoms. The highest BCUT2D eigenvalue weighted by Crippen LogP contribution is 2.55. The summed E-state index contributed by atoms with van der Waals surface area (Å²) < 4.78 is 64.7. The molecule has 4 N–H and O–H groups in total. The number of fused-ring (bicyclic) bond motifs is 4. The lowest BCUT2D eigenvalue weighted by molar-refractivity contribution is -0.0482. The molecule has 19 heteroatoms. The number of carbonyl (C=O) groups is 1. The Bertz CT molecular complexity index is 3550. The highest BCUT2D eigenvalue weighted by molar-refractivity contribution is 7.90. The lowest BCUT2D eigenvalue weighted by atomic mass is 9.59. The molecule has 2 unspecified atom stereocenters. The van der Waals surface area contributed by atoms with E-state index in [0.717, 1.165) is 89.1 Å². The number of nitrogens with one attached hydrogen (secondary N) is 3. The normalized spacial score (nSPS) is 23.5. The highest BCUT2D eigenvalue weighted by Gasteiger charge is 2.52. The number of aromatic nitrogens is 3. The number of halogens is 1. The Balaban J connectivity index is 0.794. The number of nitrogens with zero attached hydrogens (tertiary/aromatic N) is 6. The fourth-order valence-electron chi connectivity index (χ4n) is 14.6. The Morgan fingerprint density at radius 1 is 0.976 bits per heavy atom. The molecule has 5 fully saturated rings. The summed E-state index contributed by atoms with van der Waals surface area (Å²) in [5, 5.41) is 27.7. The van der Waals surface area contributed by atoms with Crippen molar-refractivity contribution in [1.29, 1.82) is 0 Å². The monoisotopic (exact) mass is 1160 g/mol. The van der Waals surface area contributed by atoms with Crippen molar-refractivity contribution >= 4 is 49.9 Å². The van der Waals surface area contributed by atoms with Gasteiger partial charge in [0.25, 0.3) is 21.8 Å². The number of methoxy groups -OCH3 is 1. The standard InChI is InChI=1S/C65H79FN9O8S/c1-7-82-63-57(31-51-52(66)18-19-53(51)70-63)83-56-30-44(14-17-50(56)62(76)71-84(79,80)58-32-55(72(5)78)59(61-60(58)68-39-69-61)67-35-41-20-22-64(4,77)23-21-41)73-26-24-65(25-27-73)33-46(34-65)75-38-45-28-43(29-54(75)49-11-9-8-10-48(49)40(2)3)37-74(45)36-42-12-15-47(81-6)16-13-42/h8-18,30-32,39-41,43,45-46,54,67,77H,7,19-29,33-38H2,1-6H3,(H,68,69)(H,71,76)/q-1/t41?,43?,45?,54-,64?/m0/s1. The van der Waals surface area contributed by atoms with E-state index in [2.05, 4.69) is 102 Å². The largest absolute Gasteiger partial charge is 0.758 e. The van der Waals surface area contributed by atoms with Gasteiger partial charge < -0.3 is 44.8 Å². The van der Waals surface area contributed by atoms with Crippen LogP contribution in [0.1, 0.15) is 142 Å². The molecule has 2 saturated carbocycles. The van der Waals surface area contributed by atoms with Gasteiger partial charge >= 0.3 is 0 Å². The topological polar surface area (TPSA) is 201 Å². The van der Waals surface area contributed by atoms with Gasteiger partial charge in [0.1, 0.15) is 27.7 Å². The molecule has 12 rings (SSSR count). The summed E-state index contributed by atoms with van der Waals surface area (Å²) in [5.41, 5.74) is 5.84. The van der Waals surface area contributed by atoms with Crippen molar-refractivity contribution < 1.29 is 36.9 Å². The molecule has 17 nitrogen and oxygen atoms in total. The molecule has 6 aliphatic rings. The number of pyridine rings is 1. The predicted octanol–water partition coefficient (Wildman–Crippen LogP) is 11.6. The fraction of sp³-hybridized carbons (Fsp3) is 0.492. The van der Waals surface area contributed by atoms with Gasteiger partial charge in [-0.3, -0.25) is 14.6 Å². The minimum Gasteiger partial charge on any atom is -0.758 e. The maximum atomic E-state index is 15.2. The van der Waals surface area contributed by atoms with Crippen LogP contribution in [0.5, 0.6) is 23.1 Å². The van der Waals surface area contributed by atoms with E-state index in [0.29, 0.717) is 65.8 Å². The number of sulfonamides is 1. The van der Waals surface area contributed by atoms with E-state index in [9.17, 15) is 23.5 Å². The Morgan fingerprint density at radius 3 is 2.46 bits per heavy atom. The maximum absolute atomic E-state index is 15.2. The van der Waals surface area contributed by atoms with Crippen molar-refractivity contribution in [2.75, 3.05) is 68.8 Å². The molecular weight excluding hydrogens is 1090 g/mol. The first-order chi connectivity index (χ1) is 40.4. The minimum atomic E-state index is -4.72. The Labute approximate surface area is 492 Å². The number of benzene rings is 4. The van der Waals surface area contributed by atoms with Crippen LogP contribution in [0.3, 0.4) is 0 Å². The fourth-order valence-corrected chi connectivity index (χ4v) is 15.7. The van der Waals surface area contributed by atoms with Crippen LogP contribution < -0.4 is 34.2 Å². The van der Waals surface area contributed by atoms with Crippen LogP contribution in [-0.2, 0) is 23.0 Å². The second-order valence-corrected chi connectivity index (χ2v) is 26.9. The number of allylic oxidation sites excluding steroid dienone is 1. The summed E-state index contributed by atoms with van der Waals surface area (Å²) >= 11 is 0. The van der Waals surface area contributed by atoms with E-state index in [1.54, 1.807) is 26.2 Å². The molecule has 6 aromatic rings. The van der Waals surface area contributed by atoms with Crippen molar-refractivity contribution in [3.63, 3.8) is 0 Å². The van der Waals surface area contributed by atoms with Crippen molar-refractivity contribution in [1.82, 2.24) is 29.5 Å². The van der Waals surface area contributed by atoms with Gasteiger partial charge in [-0.2, -0.15) is 0 Å². The zero-order valence-corrected chi connectivity index (χ0v) is 49.9. The average Bonchev–Trinajstić information content (AvgIpc) is 2.18. The van der Waals surface area contributed by atoms with Gasteiger partial charge in [0.15, 0.2) is 5.75 Å². The van der Waals surface area contributed by atoms with E-state index < -0.39 is 27.4 Å². The molecule has 1 spiro atoms. The maximum Gasteiger partial charge on any atom is 0.268 e. The minimum absolute atomic E-state index is 0.0205. The first kappa shape index (κ1) is 57.7. The van der Waals surface area contributed by atoms with Crippen LogP contribution in [0.4, 0.5) is 21.5 Å². The molecule has 2 aromatic heterocycles. The number of aromatic amines is 1. The Hall–Kier alpha value is -6.77. The second-order valence-electron chi connectivity index (χ2n) is 25.2. The average molecular weight is 1170 g/mol. The lowest BCUT2D eigenvalue weighted by Gasteiger charge is -2.57. The SMILES string of the molecule is CCOc1nc2c(cc1Oc1cc(N3CCC4(CC3)CC(N3CC5CC(C[C@H]3c3ccccc3C(C)C)CN5Cc3ccc(OC)cc3)C4)ccc1C(=O)NS(=O)(=O)c1cc(N(C)[O-])c(NCC3CCC(C)(O)CC3)c3[nH]cnc13)C(F)=CC2. The van der Waals surface area contributed by atoms with Gasteiger partial charge in [-0.25, -0.2) is 27.5 Å². The summed E-state index contributed by atoms with van der Waals surface area (Å²) in [6.45, 7) is 13.6. The summed E-state index contributed by atoms with van der Waals surface area (Å²) in [5.74, 6) is 0.880. The van der Waals surface area contributed by atoms with Gasteiger partial charge in [-0.15, -0.1) is 0 Å². The number of ether oxygens (including phenoxy) is 3. The molecule has 84 heavy (non-hydrogen) atoms. The number of hydroxylamine groups is 1.